The minimum Gasteiger partial charge on any atom is -0.300 e. The van der Waals surface area contributed by atoms with Gasteiger partial charge >= 0.3 is 10.6 Å². The molecule has 1 aromatic carbocycles. The zero-order valence-electron chi connectivity index (χ0n) is 14.4. The number of aryl methyl sites for hydroxylation is 1. The fourth-order valence-electron chi connectivity index (χ4n) is 2.89. The molecule has 0 aliphatic carbocycles. The van der Waals surface area contributed by atoms with Crippen LogP contribution in [0.15, 0.2) is 32.6 Å². The van der Waals surface area contributed by atoms with E-state index in [0.717, 1.165) is 22.0 Å². The largest absolute Gasteiger partial charge is 0.335 e. The molecule has 0 aliphatic heterocycles. The molecule has 2 heterocycles. The number of nitrogens with zero attached hydrogens (tertiary/aromatic N) is 3. The molecule has 6 nitrogen and oxygen atoms in total. The van der Waals surface area contributed by atoms with Gasteiger partial charge in [-0.1, -0.05) is 24.2 Å². The summed E-state index contributed by atoms with van der Waals surface area (Å²) in [6.07, 6.45) is 5.91. The van der Waals surface area contributed by atoms with Crippen LogP contribution in [0, 0.1) is 18.2 Å². The van der Waals surface area contributed by atoms with Crippen LogP contribution in [0.25, 0.3) is 15.9 Å². The lowest BCUT2D eigenvalue weighted by molar-refractivity contribution is 0.604. The van der Waals surface area contributed by atoms with Crippen molar-refractivity contribution in [2.24, 2.45) is 7.05 Å². The van der Waals surface area contributed by atoms with E-state index in [1.54, 1.807) is 6.92 Å². The topological polar surface area (TPSA) is 66.0 Å². The predicted octanol–water partition coefficient (Wildman–Crippen LogP) is 1.81. The van der Waals surface area contributed by atoms with Crippen molar-refractivity contribution in [1.29, 1.82) is 0 Å². The number of hydrogen-bond donors (Lipinski definition) is 0. The molecular formula is C18H16FN3O3S. The molecule has 0 saturated heterocycles. The lowest BCUT2D eigenvalue weighted by atomic mass is 10.2. The van der Waals surface area contributed by atoms with Crippen LogP contribution < -0.4 is 16.1 Å². The molecule has 3 aromatic rings. The highest BCUT2D eigenvalue weighted by Crippen LogP contribution is 2.25. The van der Waals surface area contributed by atoms with Gasteiger partial charge in [0.1, 0.15) is 5.82 Å². The Morgan fingerprint density at radius 2 is 1.96 bits per heavy atom. The van der Waals surface area contributed by atoms with Gasteiger partial charge in [-0.05, 0) is 25.5 Å². The van der Waals surface area contributed by atoms with Gasteiger partial charge in [0.15, 0.2) is 0 Å². The van der Waals surface area contributed by atoms with Crippen molar-refractivity contribution >= 4 is 21.6 Å². The maximum absolute atomic E-state index is 14.7. The quantitative estimate of drug-likeness (QED) is 0.658. The molecule has 0 N–H and O–H groups in total. The van der Waals surface area contributed by atoms with Gasteiger partial charge in [0.25, 0.3) is 5.56 Å². The van der Waals surface area contributed by atoms with Gasteiger partial charge in [-0.25, -0.2) is 13.8 Å². The Labute approximate surface area is 151 Å². The fourth-order valence-corrected chi connectivity index (χ4v) is 3.86. The zero-order chi connectivity index (χ0) is 19.2. The fraction of sp³-hybridized carbons (Fsp3) is 0.278. The van der Waals surface area contributed by atoms with Crippen molar-refractivity contribution in [1.82, 2.24) is 13.7 Å². The van der Waals surface area contributed by atoms with E-state index in [1.807, 2.05) is 6.92 Å². The number of benzene rings is 1. The lowest BCUT2D eigenvalue weighted by Gasteiger charge is -2.12. The Morgan fingerprint density at radius 1 is 1.27 bits per heavy atom. The third kappa shape index (κ3) is 2.61. The lowest BCUT2D eigenvalue weighted by Crippen LogP contribution is -2.39. The Bertz CT molecular complexity index is 1240. The van der Waals surface area contributed by atoms with Gasteiger partial charge in [-0.2, -0.15) is 0 Å². The summed E-state index contributed by atoms with van der Waals surface area (Å²) in [7, 11) is 1.52. The van der Waals surface area contributed by atoms with Crippen molar-refractivity contribution in [3.63, 3.8) is 0 Å². The molecule has 1 unspecified atom stereocenters. The van der Waals surface area contributed by atoms with Crippen LogP contribution in [-0.2, 0) is 13.5 Å². The van der Waals surface area contributed by atoms with Crippen LogP contribution in [-0.4, -0.2) is 13.7 Å². The zero-order valence-corrected chi connectivity index (χ0v) is 15.3. The Balaban J connectivity index is 2.41. The maximum atomic E-state index is 14.7. The average Bonchev–Trinajstić information content (AvgIpc) is 2.92. The molecule has 0 amide bonds. The summed E-state index contributed by atoms with van der Waals surface area (Å²) in [5.41, 5.74) is -0.554. The summed E-state index contributed by atoms with van der Waals surface area (Å²) < 4.78 is 18.5. The SMILES string of the molecule is C#CC(C)n1c(=O)sc2cc(F)c(-n3c(=O)cc(CC)n(C)c3=O)cc21. The minimum absolute atomic E-state index is 0.207. The van der Waals surface area contributed by atoms with Gasteiger partial charge in [-0.15, -0.1) is 6.42 Å². The van der Waals surface area contributed by atoms with E-state index in [2.05, 4.69) is 5.92 Å². The van der Waals surface area contributed by atoms with Crippen molar-refractivity contribution in [2.45, 2.75) is 26.3 Å². The molecule has 1 atom stereocenters. The number of fused-ring (bicyclic) bond motifs is 1. The van der Waals surface area contributed by atoms with Crippen molar-refractivity contribution in [3.05, 3.63) is 60.2 Å². The average molecular weight is 373 g/mol. The Kier molecular flexibility index (Phi) is 4.42. The first-order valence-corrected chi connectivity index (χ1v) is 8.74. The van der Waals surface area contributed by atoms with E-state index in [9.17, 15) is 18.8 Å². The summed E-state index contributed by atoms with van der Waals surface area (Å²) in [5, 5.41) is 0. The number of hydrogen-bond acceptors (Lipinski definition) is 4. The smallest absolute Gasteiger partial charge is 0.300 e. The molecule has 0 saturated carbocycles. The first kappa shape index (κ1) is 17.9. The Morgan fingerprint density at radius 3 is 2.58 bits per heavy atom. The number of rotatable bonds is 3. The molecule has 3 rings (SSSR count). The molecule has 0 bridgehead atoms. The van der Waals surface area contributed by atoms with Crippen LogP contribution in [0.4, 0.5) is 4.39 Å². The predicted molar refractivity (Wildman–Crippen MR) is 99.8 cm³/mol. The standard InChI is InChI=1S/C18H16FN3O3S/c1-5-10(3)21-14-9-13(12(19)8-15(14)26-18(21)25)22-16(23)7-11(6-2)20(4)17(22)24/h1,7-10H,6H2,2-4H3. The van der Waals surface area contributed by atoms with Crippen LogP contribution in [0.2, 0.25) is 0 Å². The summed E-state index contributed by atoms with van der Waals surface area (Å²) >= 11 is 0.859. The number of thiazole rings is 1. The molecule has 0 spiro atoms. The van der Waals surface area contributed by atoms with E-state index in [0.29, 0.717) is 22.3 Å². The third-order valence-electron chi connectivity index (χ3n) is 4.33. The third-order valence-corrected chi connectivity index (χ3v) is 5.25. The molecule has 134 valence electrons. The van der Waals surface area contributed by atoms with E-state index in [1.165, 1.54) is 28.3 Å². The molecule has 0 radical (unpaired) electrons. The molecule has 0 aliphatic rings. The second-order valence-corrected chi connectivity index (χ2v) is 6.85. The first-order valence-electron chi connectivity index (χ1n) is 7.93. The molecule has 2 aromatic heterocycles. The van der Waals surface area contributed by atoms with E-state index in [4.69, 9.17) is 6.42 Å². The summed E-state index contributed by atoms with van der Waals surface area (Å²) in [5.74, 6) is 1.70. The highest BCUT2D eigenvalue weighted by molar-refractivity contribution is 7.16. The van der Waals surface area contributed by atoms with Gasteiger partial charge in [0, 0.05) is 18.8 Å². The summed E-state index contributed by atoms with van der Waals surface area (Å²) in [6.45, 7) is 3.48. The maximum Gasteiger partial charge on any atom is 0.335 e. The van der Waals surface area contributed by atoms with Crippen LogP contribution in [0.5, 0.6) is 0 Å². The number of aromatic nitrogens is 3. The second-order valence-electron chi connectivity index (χ2n) is 5.86. The first-order chi connectivity index (χ1) is 12.3. The molecule has 26 heavy (non-hydrogen) atoms. The van der Waals surface area contributed by atoms with E-state index >= 15 is 0 Å². The molecule has 0 fully saturated rings. The monoisotopic (exact) mass is 373 g/mol. The number of halogens is 1. The van der Waals surface area contributed by atoms with Gasteiger partial charge < -0.3 is 4.57 Å². The highest BCUT2D eigenvalue weighted by atomic mass is 32.1. The van der Waals surface area contributed by atoms with Gasteiger partial charge in [-0.3, -0.25) is 14.2 Å². The van der Waals surface area contributed by atoms with Crippen molar-refractivity contribution in [3.8, 4) is 18.0 Å². The Hall–Kier alpha value is -2.92. The molecular weight excluding hydrogens is 357 g/mol. The van der Waals surface area contributed by atoms with E-state index < -0.39 is 23.1 Å². The van der Waals surface area contributed by atoms with Crippen LogP contribution >= 0.6 is 11.3 Å². The number of terminal acetylenes is 1. The highest BCUT2D eigenvalue weighted by Gasteiger charge is 2.19. The van der Waals surface area contributed by atoms with Gasteiger partial charge in [0.2, 0.25) is 0 Å². The normalized spacial score (nSPS) is 12.3. The summed E-state index contributed by atoms with van der Waals surface area (Å²) in [6, 6.07) is 3.23. The summed E-state index contributed by atoms with van der Waals surface area (Å²) in [4.78, 5) is 36.9. The van der Waals surface area contributed by atoms with Crippen molar-refractivity contribution < 1.29 is 4.39 Å². The van der Waals surface area contributed by atoms with E-state index in [-0.39, 0.29) is 10.6 Å². The minimum atomic E-state index is -0.761. The van der Waals surface area contributed by atoms with Crippen LogP contribution in [0.1, 0.15) is 25.6 Å². The van der Waals surface area contributed by atoms with Gasteiger partial charge in [0.05, 0.1) is 21.9 Å². The second kappa shape index (κ2) is 6.42. The molecule has 8 heteroatoms. The van der Waals surface area contributed by atoms with Crippen LogP contribution in [0.3, 0.4) is 0 Å². The van der Waals surface area contributed by atoms with Crippen molar-refractivity contribution in [2.75, 3.05) is 0 Å².